The second kappa shape index (κ2) is 13.6. The summed E-state index contributed by atoms with van der Waals surface area (Å²) < 4.78 is 50.0. The van der Waals surface area contributed by atoms with Gasteiger partial charge in [-0.1, -0.05) is 35.9 Å². The van der Waals surface area contributed by atoms with Crippen LogP contribution in [0.25, 0.3) is 22.0 Å². The molecule has 0 radical (unpaired) electrons. The summed E-state index contributed by atoms with van der Waals surface area (Å²) >= 11 is 6.31. The van der Waals surface area contributed by atoms with Gasteiger partial charge in [0.05, 0.1) is 12.1 Å². The maximum absolute atomic E-state index is 12.8. The van der Waals surface area contributed by atoms with E-state index in [0.717, 1.165) is 74.3 Å². The number of nitrogens with zero attached hydrogens (tertiary/aromatic N) is 3. The molecule has 43 heavy (non-hydrogen) atoms. The third-order valence-corrected chi connectivity index (χ3v) is 8.16. The maximum Gasteiger partial charge on any atom is 0.573 e. The number of ether oxygens (including phenoxy) is 2. The van der Waals surface area contributed by atoms with Gasteiger partial charge in [-0.15, -0.1) is 13.2 Å². The summed E-state index contributed by atoms with van der Waals surface area (Å²) in [4.78, 5) is 4.89. The minimum Gasteiger partial charge on any atom is -0.495 e. The van der Waals surface area contributed by atoms with Crippen LogP contribution in [0.5, 0.6) is 11.5 Å². The molecule has 1 fully saturated rings. The Labute approximate surface area is 254 Å². The van der Waals surface area contributed by atoms with Gasteiger partial charge in [0.2, 0.25) is 0 Å². The highest BCUT2D eigenvalue weighted by atomic mass is 35.5. The summed E-state index contributed by atoms with van der Waals surface area (Å²) in [7, 11) is 1.62. The second-order valence-electron chi connectivity index (χ2n) is 10.8. The number of rotatable bonds is 11. The molecular formula is C32H37ClF3N5O2. The molecule has 230 valence electrons. The number of benzene rings is 3. The monoisotopic (exact) mass is 615 g/mol. The van der Waals surface area contributed by atoms with Crippen molar-refractivity contribution in [2.75, 3.05) is 39.8 Å². The van der Waals surface area contributed by atoms with Crippen molar-refractivity contribution in [2.24, 2.45) is 11.5 Å². The van der Waals surface area contributed by atoms with Gasteiger partial charge in [-0.05, 0) is 65.6 Å². The molecule has 0 spiro atoms. The highest BCUT2D eigenvalue weighted by Crippen LogP contribution is 2.36. The summed E-state index contributed by atoms with van der Waals surface area (Å²) in [6.07, 6.45) is -1.91. The van der Waals surface area contributed by atoms with Crippen LogP contribution in [0.15, 0.2) is 60.8 Å². The Morgan fingerprint density at radius 2 is 1.53 bits per heavy atom. The molecule has 2 heterocycles. The molecule has 4 aromatic rings. The first-order chi connectivity index (χ1) is 20.7. The van der Waals surface area contributed by atoms with Crippen molar-refractivity contribution < 1.29 is 22.6 Å². The normalized spacial score (nSPS) is 14.9. The standard InChI is InChI=1S/C32H37ClF3N5O2/c1-42-31-8-4-22(15-29(31)33)19-39-11-13-40(14-12-39)20-23-3-6-27-28(21-41(10-2-9-37)30(27)16-23)26-7-5-25(17-24(26)18-38)43-32(34,35)36/h3-8,15-17,21H,2,9-14,18-20,37-38H2,1H3. The van der Waals surface area contributed by atoms with Crippen molar-refractivity contribution in [3.63, 3.8) is 0 Å². The Hall–Kier alpha value is -3.28. The summed E-state index contributed by atoms with van der Waals surface area (Å²) in [5.41, 5.74) is 17.5. The SMILES string of the molecule is COc1ccc(CN2CCN(Cc3ccc4c(-c5ccc(OC(F)(F)F)cc5CN)cn(CCCN)c4c3)CC2)cc1Cl. The molecule has 0 amide bonds. The van der Waals surface area contributed by atoms with Gasteiger partial charge in [0.25, 0.3) is 0 Å². The van der Waals surface area contributed by atoms with Crippen LogP contribution in [0.1, 0.15) is 23.1 Å². The van der Waals surface area contributed by atoms with E-state index in [0.29, 0.717) is 22.9 Å². The van der Waals surface area contributed by atoms with Crippen molar-refractivity contribution >= 4 is 22.5 Å². The van der Waals surface area contributed by atoms with E-state index in [2.05, 4.69) is 43.4 Å². The molecule has 4 N–H and O–H groups in total. The summed E-state index contributed by atoms with van der Waals surface area (Å²) in [5, 5.41) is 1.64. The zero-order valence-electron chi connectivity index (χ0n) is 24.2. The predicted molar refractivity (Wildman–Crippen MR) is 164 cm³/mol. The Morgan fingerprint density at radius 1 is 0.860 bits per heavy atom. The molecule has 0 saturated carbocycles. The number of nitrogens with two attached hydrogens (primary N) is 2. The van der Waals surface area contributed by atoms with Crippen molar-refractivity contribution in [3.8, 4) is 22.6 Å². The molecule has 11 heteroatoms. The van der Waals surface area contributed by atoms with Gasteiger partial charge in [-0.3, -0.25) is 9.80 Å². The van der Waals surface area contributed by atoms with E-state index in [-0.39, 0.29) is 12.3 Å². The number of alkyl halides is 3. The highest BCUT2D eigenvalue weighted by molar-refractivity contribution is 6.32. The smallest absolute Gasteiger partial charge is 0.495 e. The van der Waals surface area contributed by atoms with Crippen molar-refractivity contribution in [3.05, 3.63) is 82.5 Å². The van der Waals surface area contributed by atoms with E-state index in [1.165, 1.54) is 23.3 Å². The molecule has 1 aliphatic heterocycles. The fourth-order valence-electron chi connectivity index (χ4n) is 5.73. The highest BCUT2D eigenvalue weighted by Gasteiger charge is 2.31. The maximum atomic E-state index is 12.8. The summed E-state index contributed by atoms with van der Waals surface area (Å²) in [6, 6.07) is 16.7. The van der Waals surface area contributed by atoms with Crippen molar-refractivity contribution in [2.45, 2.75) is 39.0 Å². The molecular weight excluding hydrogens is 579 g/mol. The molecule has 5 rings (SSSR count). The number of aryl methyl sites for hydroxylation is 1. The Balaban J connectivity index is 1.32. The third-order valence-electron chi connectivity index (χ3n) is 7.86. The lowest BCUT2D eigenvalue weighted by atomic mass is 9.98. The van der Waals surface area contributed by atoms with E-state index in [1.807, 2.05) is 18.3 Å². The topological polar surface area (TPSA) is 81.9 Å². The van der Waals surface area contributed by atoms with Gasteiger partial charge >= 0.3 is 6.36 Å². The quantitative estimate of drug-likeness (QED) is 0.216. The number of hydrogen-bond donors (Lipinski definition) is 2. The van der Waals surface area contributed by atoms with E-state index in [4.69, 9.17) is 27.8 Å². The average Bonchev–Trinajstić information content (AvgIpc) is 3.33. The van der Waals surface area contributed by atoms with Gasteiger partial charge in [0, 0.05) is 75.0 Å². The molecule has 3 aromatic carbocycles. The number of aromatic nitrogens is 1. The van der Waals surface area contributed by atoms with Gasteiger partial charge in [-0.2, -0.15) is 0 Å². The molecule has 7 nitrogen and oxygen atoms in total. The first kappa shape index (κ1) is 31.2. The number of fused-ring (bicyclic) bond motifs is 1. The van der Waals surface area contributed by atoms with Crippen LogP contribution < -0.4 is 20.9 Å². The molecule has 1 aromatic heterocycles. The lowest BCUT2D eigenvalue weighted by Crippen LogP contribution is -2.45. The van der Waals surface area contributed by atoms with Crippen LogP contribution in [0.2, 0.25) is 5.02 Å². The molecule has 0 aliphatic carbocycles. The number of piperazine rings is 1. The van der Waals surface area contributed by atoms with Gasteiger partial charge in [0.15, 0.2) is 0 Å². The van der Waals surface area contributed by atoms with E-state index in [9.17, 15) is 13.2 Å². The predicted octanol–water partition coefficient (Wildman–Crippen LogP) is 5.99. The van der Waals surface area contributed by atoms with Crippen LogP contribution in [0.3, 0.4) is 0 Å². The van der Waals surface area contributed by atoms with Crippen molar-refractivity contribution in [1.82, 2.24) is 14.4 Å². The zero-order valence-corrected chi connectivity index (χ0v) is 24.9. The third kappa shape index (κ3) is 7.63. The Morgan fingerprint density at radius 3 is 2.14 bits per heavy atom. The van der Waals surface area contributed by atoms with Crippen LogP contribution in [-0.2, 0) is 26.2 Å². The van der Waals surface area contributed by atoms with E-state index in [1.54, 1.807) is 13.2 Å². The molecule has 1 aliphatic rings. The van der Waals surface area contributed by atoms with Crippen LogP contribution in [0, 0.1) is 0 Å². The summed E-state index contributed by atoms with van der Waals surface area (Å²) in [5.74, 6) is 0.403. The fraction of sp³-hybridized carbons (Fsp3) is 0.375. The lowest BCUT2D eigenvalue weighted by molar-refractivity contribution is -0.274. The van der Waals surface area contributed by atoms with Gasteiger partial charge in [0.1, 0.15) is 11.5 Å². The average molecular weight is 616 g/mol. The lowest BCUT2D eigenvalue weighted by Gasteiger charge is -2.34. The van der Waals surface area contributed by atoms with Crippen LogP contribution in [0.4, 0.5) is 13.2 Å². The van der Waals surface area contributed by atoms with Gasteiger partial charge in [-0.25, -0.2) is 0 Å². The van der Waals surface area contributed by atoms with Crippen LogP contribution in [-0.4, -0.2) is 60.6 Å². The molecule has 0 unspecified atom stereocenters. The molecule has 0 atom stereocenters. The molecule has 1 saturated heterocycles. The Kier molecular flexibility index (Phi) is 9.83. The minimum atomic E-state index is -4.76. The largest absolute Gasteiger partial charge is 0.573 e. The zero-order chi connectivity index (χ0) is 30.6. The summed E-state index contributed by atoms with van der Waals surface area (Å²) in [6.45, 7) is 6.85. The van der Waals surface area contributed by atoms with Crippen molar-refractivity contribution in [1.29, 1.82) is 0 Å². The van der Waals surface area contributed by atoms with E-state index >= 15 is 0 Å². The second-order valence-corrected chi connectivity index (χ2v) is 11.2. The number of halogens is 4. The fourth-order valence-corrected chi connectivity index (χ4v) is 6.01. The number of methoxy groups -OCH3 is 1. The van der Waals surface area contributed by atoms with Gasteiger partial charge < -0.3 is 25.5 Å². The minimum absolute atomic E-state index is 0.0788. The van der Waals surface area contributed by atoms with Crippen LogP contribution >= 0.6 is 11.6 Å². The first-order valence-corrected chi connectivity index (χ1v) is 14.7. The Bertz CT molecular complexity index is 1550. The van der Waals surface area contributed by atoms with E-state index < -0.39 is 6.36 Å². The first-order valence-electron chi connectivity index (χ1n) is 14.4. The molecule has 0 bridgehead atoms. The number of hydrogen-bond acceptors (Lipinski definition) is 6.